The molecule has 1 unspecified atom stereocenters. The molecule has 1 saturated carbocycles. The molecule has 2 rings (SSSR count). The summed E-state index contributed by atoms with van der Waals surface area (Å²) < 4.78 is 0. The molecule has 0 spiro atoms. The van der Waals surface area contributed by atoms with Gasteiger partial charge in [-0.1, -0.05) is 24.6 Å². The molecule has 0 amide bonds. The summed E-state index contributed by atoms with van der Waals surface area (Å²) in [7, 11) is 2.10. The summed E-state index contributed by atoms with van der Waals surface area (Å²) in [5.74, 6) is 0. The Morgan fingerprint density at radius 2 is 1.71 bits per heavy atom. The summed E-state index contributed by atoms with van der Waals surface area (Å²) in [6.07, 6.45) is 3.93. The quantitative estimate of drug-likeness (QED) is 0.835. The van der Waals surface area contributed by atoms with Gasteiger partial charge in [-0.3, -0.25) is 0 Å². The molecule has 0 saturated heterocycles. The van der Waals surface area contributed by atoms with Crippen molar-refractivity contribution in [3.8, 4) is 0 Å². The highest BCUT2D eigenvalue weighted by Crippen LogP contribution is 2.49. The van der Waals surface area contributed by atoms with E-state index in [1.807, 2.05) is 0 Å². The van der Waals surface area contributed by atoms with Crippen LogP contribution in [0.1, 0.15) is 42.0 Å². The van der Waals surface area contributed by atoms with Gasteiger partial charge in [-0.15, -0.1) is 0 Å². The Morgan fingerprint density at radius 1 is 1.18 bits per heavy atom. The highest BCUT2D eigenvalue weighted by atomic mass is 14.9. The van der Waals surface area contributed by atoms with Crippen LogP contribution in [0.15, 0.2) is 12.1 Å². The molecule has 0 aliphatic heterocycles. The predicted molar refractivity (Wildman–Crippen MR) is 74.5 cm³/mol. The van der Waals surface area contributed by atoms with Gasteiger partial charge in [0.05, 0.1) is 0 Å². The molecule has 1 aliphatic carbocycles. The molecular formula is C16H25N. The first kappa shape index (κ1) is 12.6. The predicted octanol–water partition coefficient (Wildman–Crippen LogP) is 3.54. The first-order valence-electron chi connectivity index (χ1n) is 6.70. The molecule has 0 heterocycles. The second kappa shape index (κ2) is 4.45. The van der Waals surface area contributed by atoms with Crippen molar-refractivity contribution in [2.45, 2.75) is 53.0 Å². The molecule has 1 aliphatic rings. The highest BCUT2D eigenvalue weighted by Gasteiger charge is 2.44. The summed E-state index contributed by atoms with van der Waals surface area (Å²) in [5.41, 5.74) is 6.36. The van der Waals surface area contributed by atoms with Crippen molar-refractivity contribution < 1.29 is 0 Å². The third-order valence-corrected chi connectivity index (χ3v) is 4.48. The van der Waals surface area contributed by atoms with E-state index in [0.717, 1.165) is 0 Å². The number of hydrogen-bond donors (Lipinski definition) is 1. The number of likely N-dealkylation sites (N-methyl/N-ethyl adjacent to an activating group) is 1. The van der Waals surface area contributed by atoms with Crippen LogP contribution in [-0.4, -0.2) is 13.1 Å². The number of rotatable bonds is 4. The second-order valence-corrected chi connectivity index (χ2v) is 6.08. The minimum Gasteiger partial charge on any atom is -0.316 e. The van der Waals surface area contributed by atoms with E-state index in [2.05, 4.69) is 52.2 Å². The Morgan fingerprint density at radius 3 is 2.12 bits per heavy atom. The van der Waals surface area contributed by atoms with E-state index in [4.69, 9.17) is 0 Å². The average molecular weight is 231 g/mol. The first-order chi connectivity index (χ1) is 7.96. The van der Waals surface area contributed by atoms with Gasteiger partial charge in [-0.2, -0.15) is 0 Å². The zero-order chi connectivity index (χ0) is 12.6. The second-order valence-electron chi connectivity index (χ2n) is 6.08. The van der Waals surface area contributed by atoms with Crippen LogP contribution in [0.3, 0.4) is 0 Å². The maximum atomic E-state index is 3.52. The van der Waals surface area contributed by atoms with Gasteiger partial charge < -0.3 is 5.32 Å². The summed E-state index contributed by atoms with van der Waals surface area (Å²) in [4.78, 5) is 0. The van der Waals surface area contributed by atoms with E-state index in [1.54, 1.807) is 5.56 Å². The van der Waals surface area contributed by atoms with Gasteiger partial charge in [0.15, 0.2) is 0 Å². The van der Waals surface area contributed by atoms with Crippen molar-refractivity contribution >= 4 is 0 Å². The molecule has 0 radical (unpaired) electrons. The van der Waals surface area contributed by atoms with Crippen LogP contribution in [0, 0.1) is 26.2 Å². The van der Waals surface area contributed by atoms with E-state index in [1.165, 1.54) is 36.0 Å². The lowest BCUT2D eigenvalue weighted by atomic mass is 9.88. The van der Waals surface area contributed by atoms with Crippen LogP contribution in [0.4, 0.5) is 0 Å². The van der Waals surface area contributed by atoms with Crippen LogP contribution >= 0.6 is 0 Å². The lowest BCUT2D eigenvalue weighted by molar-refractivity contribution is 0.375. The van der Waals surface area contributed by atoms with Crippen molar-refractivity contribution in [2.24, 2.45) is 5.41 Å². The van der Waals surface area contributed by atoms with E-state index < -0.39 is 0 Å². The van der Waals surface area contributed by atoms with Gasteiger partial charge in [0, 0.05) is 6.04 Å². The molecule has 1 atom stereocenters. The normalized spacial score (nSPS) is 19.1. The van der Waals surface area contributed by atoms with Gasteiger partial charge in [-0.05, 0) is 69.2 Å². The van der Waals surface area contributed by atoms with Crippen molar-refractivity contribution in [1.82, 2.24) is 5.32 Å². The summed E-state index contributed by atoms with van der Waals surface area (Å²) in [6.45, 7) is 9.09. The molecule has 0 bridgehead atoms. The van der Waals surface area contributed by atoms with Gasteiger partial charge >= 0.3 is 0 Å². The molecule has 1 aromatic carbocycles. The topological polar surface area (TPSA) is 12.0 Å². The molecule has 1 aromatic rings. The number of hydrogen-bond acceptors (Lipinski definition) is 1. The minimum atomic E-state index is 0.540. The van der Waals surface area contributed by atoms with E-state index in [-0.39, 0.29) is 0 Å². The van der Waals surface area contributed by atoms with Crippen LogP contribution in [0.25, 0.3) is 0 Å². The highest BCUT2D eigenvalue weighted by molar-refractivity contribution is 5.38. The van der Waals surface area contributed by atoms with E-state index in [0.29, 0.717) is 11.5 Å². The van der Waals surface area contributed by atoms with E-state index >= 15 is 0 Å². The van der Waals surface area contributed by atoms with Crippen LogP contribution < -0.4 is 5.32 Å². The summed E-state index contributed by atoms with van der Waals surface area (Å²) >= 11 is 0. The largest absolute Gasteiger partial charge is 0.316 e. The molecule has 1 nitrogen and oxygen atoms in total. The van der Waals surface area contributed by atoms with Crippen molar-refractivity contribution in [1.29, 1.82) is 0 Å². The van der Waals surface area contributed by atoms with Crippen LogP contribution in [0.5, 0.6) is 0 Å². The Balaban J connectivity index is 2.23. The first-order valence-corrected chi connectivity index (χ1v) is 6.70. The molecule has 0 aromatic heterocycles. The van der Waals surface area contributed by atoms with Crippen molar-refractivity contribution in [3.63, 3.8) is 0 Å². The Labute approximate surface area is 106 Å². The van der Waals surface area contributed by atoms with Crippen LogP contribution in [-0.2, 0) is 6.42 Å². The fourth-order valence-electron chi connectivity index (χ4n) is 2.98. The number of nitrogens with one attached hydrogen (secondary N) is 1. The molecule has 1 N–H and O–H groups in total. The number of benzene rings is 1. The zero-order valence-corrected chi connectivity index (χ0v) is 11.9. The molecule has 17 heavy (non-hydrogen) atoms. The molecule has 1 heteroatoms. The smallest absolute Gasteiger partial charge is 0.0158 e. The SMILES string of the molecule is CNC(Cc1c(C)cc(C)cc1C)C1(C)CC1. The monoisotopic (exact) mass is 231 g/mol. The summed E-state index contributed by atoms with van der Waals surface area (Å²) in [6, 6.07) is 5.25. The van der Waals surface area contributed by atoms with Crippen LogP contribution in [0.2, 0.25) is 0 Å². The fraction of sp³-hybridized carbons (Fsp3) is 0.625. The molecule has 94 valence electrons. The third-order valence-electron chi connectivity index (χ3n) is 4.48. The summed E-state index contributed by atoms with van der Waals surface area (Å²) in [5, 5.41) is 3.52. The van der Waals surface area contributed by atoms with Gasteiger partial charge in [0.1, 0.15) is 0 Å². The van der Waals surface area contributed by atoms with Gasteiger partial charge in [0.25, 0.3) is 0 Å². The number of aryl methyl sites for hydroxylation is 3. The Kier molecular flexibility index (Phi) is 3.31. The Hall–Kier alpha value is -0.820. The van der Waals surface area contributed by atoms with Gasteiger partial charge in [0.2, 0.25) is 0 Å². The Bertz CT molecular complexity index is 393. The zero-order valence-electron chi connectivity index (χ0n) is 11.9. The average Bonchev–Trinajstić information content (AvgIpc) is 2.96. The third kappa shape index (κ3) is 2.55. The van der Waals surface area contributed by atoms with Crippen molar-refractivity contribution in [2.75, 3.05) is 7.05 Å². The standard InChI is InChI=1S/C16H25N/c1-11-8-12(2)14(13(3)9-11)10-15(17-5)16(4)6-7-16/h8-9,15,17H,6-7,10H2,1-5H3. The lowest BCUT2D eigenvalue weighted by Gasteiger charge is -2.25. The van der Waals surface area contributed by atoms with Gasteiger partial charge in [-0.25, -0.2) is 0 Å². The van der Waals surface area contributed by atoms with E-state index in [9.17, 15) is 0 Å². The van der Waals surface area contributed by atoms with Crippen molar-refractivity contribution in [3.05, 3.63) is 34.4 Å². The molecular weight excluding hydrogens is 206 g/mol. The maximum Gasteiger partial charge on any atom is 0.0158 e. The minimum absolute atomic E-state index is 0.540. The maximum absolute atomic E-state index is 3.52. The fourth-order valence-corrected chi connectivity index (χ4v) is 2.98. The lowest BCUT2D eigenvalue weighted by Crippen LogP contribution is -2.35. The molecule has 1 fully saturated rings.